The Morgan fingerprint density at radius 3 is 2.77 bits per heavy atom. The second kappa shape index (κ2) is 4.23. The molecule has 0 aliphatic carbocycles. The summed E-state index contributed by atoms with van der Waals surface area (Å²) in [6.45, 7) is 2.14. The van der Waals surface area contributed by atoms with Gasteiger partial charge in [-0.3, -0.25) is 5.41 Å². The molecule has 13 heavy (non-hydrogen) atoms. The molecule has 0 aromatic heterocycles. The molecule has 0 radical (unpaired) electrons. The maximum absolute atomic E-state index is 12.8. The highest BCUT2D eigenvalue weighted by Crippen LogP contribution is 2.14. The van der Waals surface area contributed by atoms with Gasteiger partial charge in [-0.25, -0.2) is 4.39 Å². The Hall–Kier alpha value is -1.09. The predicted molar refractivity (Wildman–Crippen MR) is 49.9 cm³/mol. The van der Waals surface area contributed by atoms with E-state index in [1.807, 2.05) is 0 Å². The normalized spacial score (nSPS) is 9.77. The van der Waals surface area contributed by atoms with Crippen molar-refractivity contribution in [2.75, 3.05) is 6.61 Å². The molecular formula is C9H9ClFNO. The Kier molecular flexibility index (Phi) is 3.25. The molecule has 0 aliphatic heterocycles. The van der Waals surface area contributed by atoms with Gasteiger partial charge in [-0.2, -0.15) is 0 Å². The van der Waals surface area contributed by atoms with Crippen LogP contribution in [-0.2, 0) is 4.74 Å². The zero-order chi connectivity index (χ0) is 9.84. The van der Waals surface area contributed by atoms with Crippen LogP contribution in [0.5, 0.6) is 0 Å². The highest BCUT2D eigenvalue weighted by molar-refractivity contribution is 6.30. The van der Waals surface area contributed by atoms with Gasteiger partial charge in [-0.05, 0) is 25.1 Å². The van der Waals surface area contributed by atoms with E-state index in [1.54, 1.807) is 6.92 Å². The highest BCUT2D eigenvalue weighted by Gasteiger charge is 2.04. The van der Waals surface area contributed by atoms with Crippen LogP contribution in [0.25, 0.3) is 0 Å². The van der Waals surface area contributed by atoms with E-state index >= 15 is 0 Å². The molecule has 0 spiro atoms. The van der Waals surface area contributed by atoms with E-state index in [9.17, 15) is 4.39 Å². The fourth-order valence-corrected chi connectivity index (χ4v) is 1.13. The van der Waals surface area contributed by atoms with E-state index in [2.05, 4.69) is 0 Å². The van der Waals surface area contributed by atoms with Crippen LogP contribution in [0.1, 0.15) is 12.5 Å². The van der Waals surface area contributed by atoms with Crippen molar-refractivity contribution in [3.63, 3.8) is 0 Å². The molecule has 2 nitrogen and oxygen atoms in total. The van der Waals surface area contributed by atoms with Gasteiger partial charge in [0.05, 0.1) is 6.61 Å². The molecule has 0 amide bonds. The molecule has 1 aromatic carbocycles. The summed E-state index contributed by atoms with van der Waals surface area (Å²) < 4.78 is 17.7. The second-order valence-electron chi connectivity index (χ2n) is 2.42. The van der Waals surface area contributed by atoms with Crippen molar-refractivity contribution >= 4 is 17.5 Å². The van der Waals surface area contributed by atoms with Crippen molar-refractivity contribution in [1.82, 2.24) is 0 Å². The Bertz CT molecular complexity index is 307. The van der Waals surface area contributed by atoms with Gasteiger partial charge in [0.2, 0.25) is 5.90 Å². The van der Waals surface area contributed by atoms with Crippen molar-refractivity contribution in [2.24, 2.45) is 0 Å². The van der Waals surface area contributed by atoms with Crippen molar-refractivity contribution in [2.45, 2.75) is 6.92 Å². The Morgan fingerprint density at radius 2 is 2.23 bits per heavy atom. The number of halogens is 2. The summed E-state index contributed by atoms with van der Waals surface area (Å²) in [5.41, 5.74) is 0.354. The molecular weight excluding hydrogens is 193 g/mol. The largest absolute Gasteiger partial charge is 0.478 e. The van der Waals surface area contributed by atoms with Gasteiger partial charge in [0, 0.05) is 10.6 Å². The van der Waals surface area contributed by atoms with Gasteiger partial charge in [0.15, 0.2) is 0 Å². The summed E-state index contributed by atoms with van der Waals surface area (Å²) in [4.78, 5) is 0. The number of nitrogens with one attached hydrogen (secondary N) is 1. The standard InChI is InChI=1S/C9H9ClFNO/c1-2-13-9(12)6-3-7(10)5-8(11)4-6/h3-5,12H,2H2,1H3. The Morgan fingerprint density at radius 1 is 1.54 bits per heavy atom. The first-order valence-corrected chi connectivity index (χ1v) is 4.19. The number of rotatable bonds is 2. The highest BCUT2D eigenvalue weighted by atomic mass is 35.5. The van der Waals surface area contributed by atoms with Gasteiger partial charge in [-0.15, -0.1) is 0 Å². The van der Waals surface area contributed by atoms with E-state index in [0.717, 1.165) is 0 Å². The molecule has 1 rings (SSSR count). The zero-order valence-electron chi connectivity index (χ0n) is 7.10. The summed E-state index contributed by atoms with van der Waals surface area (Å²) in [6, 6.07) is 3.89. The van der Waals surface area contributed by atoms with Gasteiger partial charge < -0.3 is 4.74 Å². The third-order valence-corrected chi connectivity index (χ3v) is 1.63. The first-order valence-electron chi connectivity index (χ1n) is 3.81. The average Bonchev–Trinajstić information content (AvgIpc) is 2.03. The lowest BCUT2D eigenvalue weighted by molar-refractivity contribution is 0.325. The van der Waals surface area contributed by atoms with Gasteiger partial charge in [0.25, 0.3) is 0 Å². The van der Waals surface area contributed by atoms with Crippen LogP contribution in [0.2, 0.25) is 5.02 Å². The summed E-state index contributed by atoms with van der Waals surface area (Å²) in [6.07, 6.45) is 0. The fraction of sp³-hybridized carbons (Fsp3) is 0.222. The molecule has 70 valence electrons. The van der Waals surface area contributed by atoms with E-state index in [-0.39, 0.29) is 10.9 Å². The van der Waals surface area contributed by atoms with Crippen LogP contribution in [0.3, 0.4) is 0 Å². The van der Waals surface area contributed by atoms with Crippen LogP contribution in [-0.4, -0.2) is 12.5 Å². The second-order valence-corrected chi connectivity index (χ2v) is 2.86. The van der Waals surface area contributed by atoms with E-state index < -0.39 is 5.82 Å². The molecule has 0 aliphatic rings. The molecule has 0 saturated heterocycles. The lowest BCUT2D eigenvalue weighted by atomic mass is 10.2. The van der Waals surface area contributed by atoms with E-state index in [4.69, 9.17) is 21.7 Å². The van der Waals surface area contributed by atoms with E-state index in [0.29, 0.717) is 12.2 Å². The smallest absolute Gasteiger partial charge is 0.213 e. The molecule has 4 heteroatoms. The molecule has 1 aromatic rings. The summed E-state index contributed by atoms with van der Waals surface area (Å²) >= 11 is 5.60. The number of hydrogen-bond acceptors (Lipinski definition) is 2. The Balaban J connectivity index is 2.94. The lowest BCUT2D eigenvalue weighted by Crippen LogP contribution is -2.04. The first kappa shape index (κ1) is 9.99. The minimum absolute atomic E-state index is 0.0658. The van der Waals surface area contributed by atoms with Crippen LogP contribution in [0.15, 0.2) is 18.2 Å². The third kappa shape index (κ3) is 2.70. The van der Waals surface area contributed by atoms with Crippen LogP contribution in [0, 0.1) is 11.2 Å². The first-order chi connectivity index (χ1) is 6.13. The molecule has 0 unspecified atom stereocenters. The summed E-state index contributed by atoms with van der Waals surface area (Å²) in [7, 11) is 0. The van der Waals surface area contributed by atoms with Gasteiger partial charge in [-0.1, -0.05) is 11.6 Å². The average molecular weight is 202 g/mol. The summed E-state index contributed by atoms with van der Waals surface area (Å²) in [5.74, 6) is -0.532. The van der Waals surface area contributed by atoms with Gasteiger partial charge >= 0.3 is 0 Å². The maximum Gasteiger partial charge on any atom is 0.213 e. The molecule has 0 atom stereocenters. The molecule has 1 N–H and O–H groups in total. The molecule has 0 saturated carbocycles. The van der Waals surface area contributed by atoms with Crippen molar-refractivity contribution in [1.29, 1.82) is 5.41 Å². The molecule has 0 heterocycles. The quantitative estimate of drug-likeness (QED) is 0.579. The molecule has 0 bridgehead atoms. The third-order valence-electron chi connectivity index (χ3n) is 1.41. The Labute approximate surface area is 80.8 Å². The van der Waals surface area contributed by atoms with Crippen LogP contribution >= 0.6 is 11.6 Å². The zero-order valence-corrected chi connectivity index (χ0v) is 7.86. The van der Waals surface area contributed by atoms with Crippen molar-refractivity contribution in [3.8, 4) is 0 Å². The molecule has 0 fully saturated rings. The van der Waals surface area contributed by atoms with Crippen molar-refractivity contribution in [3.05, 3.63) is 34.6 Å². The van der Waals surface area contributed by atoms with Gasteiger partial charge in [0.1, 0.15) is 5.82 Å². The monoisotopic (exact) mass is 201 g/mol. The van der Waals surface area contributed by atoms with E-state index in [1.165, 1.54) is 18.2 Å². The number of hydrogen-bond donors (Lipinski definition) is 1. The van der Waals surface area contributed by atoms with Crippen LogP contribution in [0.4, 0.5) is 4.39 Å². The lowest BCUT2D eigenvalue weighted by Gasteiger charge is -2.04. The predicted octanol–water partition coefficient (Wildman–Crippen LogP) is 2.84. The SMILES string of the molecule is CCOC(=N)c1cc(F)cc(Cl)c1. The number of ether oxygens (including phenoxy) is 1. The maximum atomic E-state index is 12.8. The minimum Gasteiger partial charge on any atom is -0.478 e. The fourth-order valence-electron chi connectivity index (χ4n) is 0.913. The number of benzene rings is 1. The minimum atomic E-state index is -0.466. The summed E-state index contributed by atoms with van der Waals surface area (Å²) in [5, 5.41) is 7.64. The van der Waals surface area contributed by atoms with Crippen molar-refractivity contribution < 1.29 is 9.13 Å². The topological polar surface area (TPSA) is 33.1 Å². The van der Waals surface area contributed by atoms with Crippen LogP contribution < -0.4 is 0 Å².